The molecule has 3 heterocycles. The third-order valence-corrected chi connectivity index (χ3v) is 5.77. The van der Waals surface area contributed by atoms with Crippen LogP contribution < -0.4 is 9.47 Å². The molecule has 3 aromatic rings. The van der Waals surface area contributed by atoms with Gasteiger partial charge in [-0.15, -0.1) is 11.8 Å². The number of hydrogen-bond donors (Lipinski definition) is 0. The molecule has 0 radical (unpaired) electrons. The molecule has 1 saturated heterocycles. The number of carbonyl (C=O) groups is 1. The van der Waals surface area contributed by atoms with Crippen molar-refractivity contribution in [1.82, 2.24) is 15.0 Å². The second kappa shape index (κ2) is 7.93. The van der Waals surface area contributed by atoms with Gasteiger partial charge in [0, 0.05) is 41.9 Å². The first-order valence-electron chi connectivity index (χ1n) is 8.73. The Morgan fingerprint density at radius 3 is 2.89 bits per heavy atom. The van der Waals surface area contributed by atoms with Crippen molar-refractivity contribution in [3.8, 4) is 22.8 Å². The van der Waals surface area contributed by atoms with Gasteiger partial charge in [0.2, 0.25) is 0 Å². The van der Waals surface area contributed by atoms with Crippen LogP contribution in [0.25, 0.3) is 11.3 Å². The molecule has 1 amide bonds. The Morgan fingerprint density at radius 1 is 1.25 bits per heavy atom. The molecule has 0 aliphatic carbocycles. The highest BCUT2D eigenvalue weighted by Gasteiger charge is 2.34. The van der Waals surface area contributed by atoms with E-state index < -0.39 is 0 Å². The van der Waals surface area contributed by atoms with Crippen LogP contribution in [0.1, 0.15) is 21.4 Å². The Morgan fingerprint density at radius 2 is 2.14 bits per heavy atom. The van der Waals surface area contributed by atoms with Crippen LogP contribution in [0, 0.1) is 0 Å². The molecule has 7 nitrogen and oxygen atoms in total. The Balaban J connectivity index is 1.62. The van der Waals surface area contributed by atoms with Gasteiger partial charge in [-0.2, -0.15) is 0 Å². The van der Waals surface area contributed by atoms with Crippen molar-refractivity contribution >= 4 is 17.7 Å². The summed E-state index contributed by atoms with van der Waals surface area (Å²) in [4.78, 5) is 19.0. The van der Waals surface area contributed by atoms with Gasteiger partial charge in [0.05, 0.1) is 14.2 Å². The van der Waals surface area contributed by atoms with Crippen molar-refractivity contribution in [1.29, 1.82) is 0 Å². The number of amides is 1. The molecule has 1 aromatic carbocycles. The zero-order valence-corrected chi connectivity index (χ0v) is 16.3. The van der Waals surface area contributed by atoms with E-state index in [9.17, 15) is 4.79 Å². The van der Waals surface area contributed by atoms with Gasteiger partial charge in [-0.25, -0.2) is 0 Å². The highest BCUT2D eigenvalue weighted by molar-refractivity contribution is 7.99. The minimum Gasteiger partial charge on any atom is -0.497 e. The van der Waals surface area contributed by atoms with Crippen LogP contribution in [0.2, 0.25) is 0 Å². The molecule has 1 fully saturated rings. The van der Waals surface area contributed by atoms with E-state index in [1.54, 1.807) is 49.3 Å². The lowest BCUT2D eigenvalue weighted by Gasteiger charge is -2.25. The van der Waals surface area contributed by atoms with E-state index in [2.05, 4.69) is 10.1 Å². The van der Waals surface area contributed by atoms with Gasteiger partial charge in [-0.1, -0.05) is 5.16 Å². The molecule has 4 rings (SSSR count). The lowest BCUT2D eigenvalue weighted by atomic mass is 10.1. The summed E-state index contributed by atoms with van der Waals surface area (Å²) in [6.07, 6.45) is 3.35. The van der Waals surface area contributed by atoms with E-state index in [-0.39, 0.29) is 17.0 Å². The molecule has 0 saturated carbocycles. The smallest absolute Gasteiger partial charge is 0.277 e. The molecule has 1 unspecified atom stereocenters. The maximum atomic E-state index is 13.1. The van der Waals surface area contributed by atoms with E-state index in [0.29, 0.717) is 18.1 Å². The first-order valence-corrected chi connectivity index (χ1v) is 9.77. The summed E-state index contributed by atoms with van der Waals surface area (Å²) in [5.74, 6) is 2.59. The quantitative estimate of drug-likeness (QED) is 0.650. The van der Waals surface area contributed by atoms with E-state index in [1.807, 2.05) is 30.3 Å². The number of nitrogens with zero attached hydrogens (tertiary/aromatic N) is 3. The predicted molar refractivity (Wildman–Crippen MR) is 106 cm³/mol. The zero-order chi connectivity index (χ0) is 19.5. The molecule has 28 heavy (non-hydrogen) atoms. The summed E-state index contributed by atoms with van der Waals surface area (Å²) in [5.41, 5.74) is 1.94. The number of aromatic nitrogens is 2. The minimum atomic E-state index is -0.184. The van der Waals surface area contributed by atoms with Crippen molar-refractivity contribution in [2.24, 2.45) is 0 Å². The van der Waals surface area contributed by atoms with Crippen LogP contribution in [0.3, 0.4) is 0 Å². The number of ether oxygens (including phenoxy) is 2. The van der Waals surface area contributed by atoms with Gasteiger partial charge < -0.3 is 18.9 Å². The highest BCUT2D eigenvalue weighted by atomic mass is 32.2. The Kier molecular flexibility index (Phi) is 5.21. The average Bonchev–Trinajstić information content (AvgIpc) is 3.43. The number of methoxy groups -OCH3 is 2. The van der Waals surface area contributed by atoms with Gasteiger partial charge in [0.15, 0.2) is 11.5 Å². The van der Waals surface area contributed by atoms with Crippen LogP contribution in [0.5, 0.6) is 11.5 Å². The number of rotatable bonds is 5. The second-order valence-corrected chi connectivity index (χ2v) is 7.34. The fourth-order valence-electron chi connectivity index (χ4n) is 3.14. The van der Waals surface area contributed by atoms with Crippen LogP contribution in [0.4, 0.5) is 0 Å². The van der Waals surface area contributed by atoms with Gasteiger partial charge >= 0.3 is 0 Å². The van der Waals surface area contributed by atoms with Crippen molar-refractivity contribution in [2.75, 3.05) is 26.5 Å². The number of hydrogen-bond acceptors (Lipinski definition) is 7. The molecule has 1 aliphatic heterocycles. The van der Waals surface area contributed by atoms with E-state index in [4.69, 9.17) is 14.0 Å². The zero-order valence-electron chi connectivity index (χ0n) is 15.5. The molecule has 0 spiro atoms. The van der Waals surface area contributed by atoms with E-state index >= 15 is 0 Å². The van der Waals surface area contributed by atoms with Gasteiger partial charge in [0.25, 0.3) is 5.91 Å². The summed E-state index contributed by atoms with van der Waals surface area (Å²) in [6.45, 7) is 0.615. The van der Waals surface area contributed by atoms with Crippen molar-refractivity contribution in [3.63, 3.8) is 0 Å². The Bertz CT molecular complexity index is 977. The largest absolute Gasteiger partial charge is 0.497 e. The van der Waals surface area contributed by atoms with Crippen molar-refractivity contribution < 1.29 is 18.8 Å². The van der Waals surface area contributed by atoms with Gasteiger partial charge in [0.1, 0.15) is 16.9 Å². The van der Waals surface area contributed by atoms with E-state index in [0.717, 1.165) is 22.6 Å². The molecule has 2 aromatic heterocycles. The molecule has 144 valence electrons. The minimum absolute atomic E-state index is 0.182. The third-order valence-electron chi connectivity index (χ3n) is 4.53. The summed E-state index contributed by atoms with van der Waals surface area (Å²) in [6, 6.07) is 10.9. The SMILES string of the molecule is COc1ccc(OC)c(C2SCCN2C(=O)c2cc(-c3cccnc3)on2)c1. The van der Waals surface area contributed by atoms with Crippen LogP contribution in [-0.4, -0.2) is 47.5 Å². The number of carbonyl (C=O) groups excluding carboxylic acids is 1. The maximum absolute atomic E-state index is 13.1. The summed E-state index contributed by atoms with van der Waals surface area (Å²) in [5, 5.41) is 3.80. The number of benzene rings is 1. The van der Waals surface area contributed by atoms with Gasteiger partial charge in [-0.05, 0) is 30.3 Å². The molecule has 8 heteroatoms. The molecule has 1 atom stereocenters. The fraction of sp³-hybridized carbons (Fsp3) is 0.250. The van der Waals surface area contributed by atoms with Crippen molar-refractivity contribution in [2.45, 2.75) is 5.37 Å². The maximum Gasteiger partial charge on any atom is 0.277 e. The standard InChI is InChI=1S/C20H19N3O4S/c1-25-14-5-6-17(26-2)15(10-14)20-23(8-9-28-20)19(24)16-11-18(27-22-16)13-4-3-7-21-12-13/h3-7,10-12,20H,8-9H2,1-2H3. The second-order valence-electron chi connectivity index (χ2n) is 6.15. The first kappa shape index (κ1) is 18.4. The number of thioether (sulfide) groups is 1. The van der Waals surface area contributed by atoms with Crippen LogP contribution in [0.15, 0.2) is 53.3 Å². The lowest BCUT2D eigenvalue weighted by Crippen LogP contribution is -2.30. The monoisotopic (exact) mass is 397 g/mol. The lowest BCUT2D eigenvalue weighted by molar-refractivity contribution is 0.0749. The van der Waals surface area contributed by atoms with Crippen molar-refractivity contribution in [3.05, 3.63) is 60.0 Å². The normalized spacial score (nSPS) is 16.2. The van der Waals surface area contributed by atoms with Crippen LogP contribution >= 0.6 is 11.8 Å². The fourth-order valence-corrected chi connectivity index (χ4v) is 4.41. The summed E-state index contributed by atoms with van der Waals surface area (Å²) >= 11 is 1.68. The van der Waals surface area contributed by atoms with Gasteiger partial charge in [-0.3, -0.25) is 9.78 Å². The predicted octanol–water partition coefficient (Wildman–Crippen LogP) is 3.64. The number of pyridine rings is 1. The molecule has 0 N–H and O–H groups in total. The Labute approximate surface area is 166 Å². The average molecular weight is 397 g/mol. The molecule has 0 bridgehead atoms. The molecule has 1 aliphatic rings. The summed E-state index contributed by atoms with van der Waals surface area (Å²) in [7, 11) is 3.24. The molecular weight excluding hydrogens is 378 g/mol. The topological polar surface area (TPSA) is 77.7 Å². The third kappa shape index (κ3) is 3.43. The van der Waals surface area contributed by atoms with E-state index in [1.165, 1.54) is 0 Å². The summed E-state index contributed by atoms with van der Waals surface area (Å²) < 4.78 is 16.2. The van der Waals surface area contributed by atoms with Crippen LogP contribution in [-0.2, 0) is 0 Å². The highest BCUT2D eigenvalue weighted by Crippen LogP contribution is 2.43. The molecular formula is C20H19N3O4S. The Hall–Kier alpha value is -3.00. The first-order chi connectivity index (χ1) is 13.7.